The third kappa shape index (κ3) is 2.06. The molecule has 1 aliphatic carbocycles. The summed E-state index contributed by atoms with van der Waals surface area (Å²) in [5.41, 5.74) is -0.172. The van der Waals surface area contributed by atoms with E-state index in [1.54, 1.807) is 6.92 Å². The number of benzene rings is 2. The van der Waals surface area contributed by atoms with Gasteiger partial charge in [-0.25, -0.2) is 0 Å². The van der Waals surface area contributed by atoms with Gasteiger partial charge in [-0.05, 0) is 25.0 Å². The summed E-state index contributed by atoms with van der Waals surface area (Å²) >= 11 is 0. The highest BCUT2D eigenvalue weighted by atomic mass is 16.7. The lowest BCUT2D eigenvalue weighted by molar-refractivity contribution is -0.243. The Morgan fingerprint density at radius 2 is 1.78 bits per heavy atom. The molecule has 2 aromatic rings. The largest absolute Gasteiger partial charge is 0.508 e. The van der Waals surface area contributed by atoms with E-state index < -0.39 is 29.2 Å². The van der Waals surface area contributed by atoms with Crippen LogP contribution < -0.4 is 4.74 Å². The average Bonchev–Trinajstić information content (AvgIpc) is 2.57. The van der Waals surface area contributed by atoms with E-state index in [0.29, 0.717) is 24.2 Å². The minimum atomic E-state index is -0.841. The zero-order valence-electron chi connectivity index (χ0n) is 14.4. The van der Waals surface area contributed by atoms with E-state index in [9.17, 15) is 24.9 Å². The standard InChI is InChI=1S/C20H16O7/c1-20-4-2-3-12(26-20)16-13(27-20)7-10-15(19(16)25)18(24)14-9(17(10)23)5-8(21)6-11(14)22/h5-7,12,21-22,25H,2-4H2,1H3/t12-,20+/m1/s1. The SMILES string of the molecule is C[C@]12CCC[C@@H](O1)c1c(cc3c(c1O)C(=O)c1c(O)cc(O)cc1C3=O)O2. The Kier molecular flexibility index (Phi) is 3.00. The Morgan fingerprint density at radius 1 is 1.04 bits per heavy atom. The van der Waals surface area contributed by atoms with Crippen molar-refractivity contribution < 1.29 is 34.4 Å². The average molecular weight is 368 g/mol. The molecule has 2 aliphatic heterocycles. The van der Waals surface area contributed by atoms with Crippen molar-refractivity contribution in [2.45, 2.75) is 38.1 Å². The molecule has 7 heteroatoms. The Morgan fingerprint density at radius 3 is 2.56 bits per heavy atom. The first kappa shape index (κ1) is 16.1. The lowest BCUT2D eigenvalue weighted by Gasteiger charge is -2.44. The quantitative estimate of drug-likeness (QED) is 0.559. The van der Waals surface area contributed by atoms with Gasteiger partial charge in [0.25, 0.3) is 0 Å². The molecule has 1 fully saturated rings. The van der Waals surface area contributed by atoms with E-state index in [0.717, 1.165) is 18.6 Å². The molecule has 138 valence electrons. The zero-order valence-corrected chi connectivity index (χ0v) is 14.4. The monoisotopic (exact) mass is 368 g/mol. The van der Waals surface area contributed by atoms with E-state index in [2.05, 4.69) is 0 Å². The first-order valence-corrected chi connectivity index (χ1v) is 8.71. The van der Waals surface area contributed by atoms with Gasteiger partial charge in [0.1, 0.15) is 23.0 Å². The molecule has 0 spiro atoms. The minimum absolute atomic E-state index is 0.0164. The van der Waals surface area contributed by atoms with Gasteiger partial charge in [0.15, 0.2) is 5.78 Å². The van der Waals surface area contributed by atoms with Crippen LogP contribution in [0.25, 0.3) is 0 Å². The number of hydrogen-bond acceptors (Lipinski definition) is 7. The fraction of sp³-hybridized carbons (Fsp3) is 0.300. The maximum Gasteiger partial charge on any atom is 0.208 e. The molecule has 1 saturated heterocycles. The molecule has 7 nitrogen and oxygen atoms in total. The van der Waals surface area contributed by atoms with Crippen LogP contribution in [0.2, 0.25) is 0 Å². The van der Waals surface area contributed by atoms with Gasteiger partial charge in [0, 0.05) is 30.5 Å². The van der Waals surface area contributed by atoms with Crippen LogP contribution in [0.4, 0.5) is 0 Å². The maximum atomic E-state index is 13.0. The number of ether oxygens (including phenoxy) is 2. The second kappa shape index (κ2) is 5.01. The molecule has 3 aliphatic rings. The van der Waals surface area contributed by atoms with Crippen molar-refractivity contribution in [3.05, 3.63) is 46.0 Å². The highest BCUT2D eigenvalue weighted by Gasteiger charge is 2.46. The zero-order chi connectivity index (χ0) is 19.1. The third-order valence-corrected chi connectivity index (χ3v) is 5.48. The number of phenols is 3. The summed E-state index contributed by atoms with van der Waals surface area (Å²) in [5, 5.41) is 30.7. The number of hydrogen-bond donors (Lipinski definition) is 3. The van der Waals surface area contributed by atoms with Crippen LogP contribution in [-0.4, -0.2) is 32.7 Å². The van der Waals surface area contributed by atoms with E-state index in [-0.39, 0.29) is 33.8 Å². The number of ketones is 2. The van der Waals surface area contributed by atoms with E-state index in [1.165, 1.54) is 6.07 Å². The van der Waals surface area contributed by atoms with Gasteiger partial charge >= 0.3 is 0 Å². The Labute approximate surface area is 153 Å². The van der Waals surface area contributed by atoms with Crippen LogP contribution in [0.1, 0.15) is 69.7 Å². The van der Waals surface area contributed by atoms with Crippen LogP contribution in [0, 0.1) is 0 Å². The summed E-state index contributed by atoms with van der Waals surface area (Å²) in [4.78, 5) is 25.9. The summed E-state index contributed by atoms with van der Waals surface area (Å²) in [6, 6.07) is 3.58. The number of carbonyl (C=O) groups excluding carboxylic acids is 2. The summed E-state index contributed by atoms with van der Waals surface area (Å²) < 4.78 is 11.8. The molecule has 27 heavy (non-hydrogen) atoms. The van der Waals surface area contributed by atoms with E-state index in [1.807, 2.05) is 0 Å². The van der Waals surface area contributed by atoms with Gasteiger partial charge in [0.05, 0.1) is 22.8 Å². The molecule has 0 saturated carbocycles. The second-order valence-corrected chi connectivity index (χ2v) is 7.34. The molecular formula is C20H16O7. The van der Waals surface area contributed by atoms with Crippen LogP contribution in [-0.2, 0) is 4.74 Å². The lowest BCUT2D eigenvalue weighted by atomic mass is 9.80. The topological polar surface area (TPSA) is 113 Å². The van der Waals surface area contributed by atoms with E-state index >= 15 is 0 Å². The minimum Gasteiger partial charge on any atom is -0.508 e. The smallest absolute Gasteiger partial charge is 0.208 e. The number of fused-ring (bicyclic) bond motifs is 6. The molecular weight excluding hydrogens is 352 g/mol. The maximum absolute atomic E-state index is 13.0. The highest BCUT2D eigenvalue weighted by molar-refractivity contribution is 6.30. The van der Waals surface area contributed by atoms with Gasteiger partial charge in [-0.15, -0.1) is 0 Å². The second-order valence-electron chi connectivity index (χ2n) is 7.34. The first-order valence-electron chi connectivity index (χ1n) is 8.71. The summed E-state index contributed by atoms with van der Waals surface area (Å²) in [6.07, 6.45) is 1.75. The number of rotatable bonds is 0. The first-order chi connectivity index (χ1) is 12.8. The molecule has 2 aromatic carbocycles. The predicted molar refractivity (Wildman–Crippen MR) is 91.5 cm³/mol. The third-order valence-electron chi connectivity index (χ3n) is 5.48. The summed E-state index contributed by atoms with van der Waals surface area (Å²) in [7, 11) is 0. The van der Waals surface area contributed by atoms with Crippen molar-refractivity contribution in [1.82, 2.24) is 0 Å². The fourth-order valence-electron chi connectivity index (χ4n) is 4.30. The highest BCUT2D eigenvalue weighted by Crippen LogP contribution is 2.53. The van der Waals surface area contributed by atoms with Crippen molar-refractivity contribution in [1.29, 1.82) is 0 Å². The van der Waals surface area contributed by atoms with Crippen LogP contribution in [0.15, 0.2) is 18.2 Å². The summed E-state index contributed by atoms with van der Waals surface area (Å²) in [6.45, 7) is 1.80. The molecule has 0 unspecified atom stereocenters. The van der Waals surface area contributed by atoms with E-state index in [4.69, 9.17) is 9.47 Å². The lowest BCUT2D eigenvalue weighted by Crippen LogP contribution is -2.44. The fourth-order valence-corrected chi connectivity index (χ4v) is 4.30. The molecule has 2 heterocycles. The van der Waals surface area contributed by atoms with Crippen LogP contribution in [0.5, 0.6) is 23.0 Å². The molecule has 2 bridgehead atoms. The van der Waals surface area contributed by atoms with Crippen molar-refractivity contribution in [2.75, 3.05) is 0 Å². The number of phenolic OH excluding ortho intramolecular Hbond substituents is 3. The van der Waals surface area contributed by atoms with Crippen molar-refractivity contribution >= 4 is 11.6 Å². The predicted octanol–water partition coefficient (Wildman–Crippen LogP) is 2.93. The Balaban J connectivity index is 1.78. The van der Waals surface area contributed by atoms with Gasteiger partial charge < -0.3 is 24.8 Å². The van der Waals surface area contributed by atoms with Crippen molar-refractivity contribution in [2.24, 2.45) is 0 Å². The molecule has 0 amide bonds. The van der Waals surface area contributed by atoms with Gasteiger partial charge in [0.2, 0.25) is 11.6 Å². The number of aromatic hydroxyl groups is 3. The normalized spacial score (nSPS) is 25.3. The Hall–Kier alpha value is -3.06. The summed E-state index contributed by atoms with van der Waals surface area (Å²) in [5.74, 6) is -2.97. The Bertz CT molecular complexity index is 1060. The van der Waals surface area contributed by atoms with Crippen molar-refractivity contribution in [3.63, 3.8) is 0 Å². The molecule has 5 rings (SSSR count). The molecule has 2 atom stereocenters. The molecule has 0 radical (unpaired) electrons. The number of carbonyl (C=O) groups is 2. The molecule has 3 N–H and O–H groups in total. The van der Waals surface area contributed by atoms with Crippen molar-refractivity contribution in [3.8, 4) is 23.0 Å². The van der Waals surface area contributed by atoms with Gasteiger partial charge in [-0.3, -0.25) is 9.59 Å². The van der Waals surface area contributed by atoms with Crippen LogP contribution >= 0.6 is 0 Å². The van der Waals surface area contributed by atoms with Crippen LogP contribution in [0.3, 0.4) is 0 Å². The molecule has 0 aromatic heterocycles. The van der Waals surface area contributed by atoms with Gasteiger partial charge in [-0.1, -0.05) is 0 Å². The van der Waals surface area contributed by atoms with Gasteiger partial charge in [-0.2, -0.15) is 0 Å².